The number of nitrogens with one attached hydrogen (secondary N) is 1. The summed E-state index contributed by atoms with van der Waals surface area (Å²) >= 11 is 1.62. The van der Waals surface area contributed by atoms with Crippen LogP contribution in [0, 0.1) is 5.92 Å². The van der Waals surface area contributed by atoms with Gasteiger partial charge >= 0.3 is 11.9 Å². The Bertz CT molecular complexity index is 1430. The Kier molecular flexibility index (Phi) is 7.32. The summed E-state index contributed by atoms with van der Waals surface area (Å²) in [6, 6.07) is 9.56. The van der Waals surface area contributed by atoms with Crippen LogP contribution in [0.1, 0.15) is 72.6 Å². The summed E-state index contributed by atoms with van der Waals surface area (Å²) in [7, 11) is 1.38. The van der Waals surface area contributed by atoms with E-state index in [1.807, 2.05) is 24.4 Å². The summed E-state index contributed by atoms with van der Waals surface area (Å²) in [5.41, 5.74) is 1.70. The second-order valence-corrected chi connectivity index (χ2v) is 10.7. The third-order valence-electron chi connectivity index (χ3n) is 7.37. The first-order valence-electron chi connectivity index (χ1n) is 12.6. The summed E-state index contributed by atoms with van der Waals surface area (Å²) < 4.78 is 5.86. The van der Waals surface area contributed by atoms with Crippen molar-refractivity contribution in [1.82, 2.24) is 15.0 Å². The fourth-order valence-corrected chi connectivity index (χ4v) is 6.14. The molecule has 0 spiro atoms. The first kappa shape index (κ1) is 25.1. The van der Waals surface area contributed by atoms with Crippen molar-refractivity contribution >= 4 is 49.4 Å². The number of ether oxygens (including phenoxy) is 1. The van der Waals surface area contributed by atoms with E-state index in [2.05, 4.69) is 17.2 Å². The van der Waals surface area contributed by atoms with Crippen molar-refractivity contribution in [2.75, 3.05) is 19.0 Å². The maximum absolute atomic E-state index is 11.7. The van der Waals surface area contributed by atoms with E-state index < -0.39 is 5.97 Å². The molecule has 3 aromatic heterocycles. The number of hydrogen-bond acceptors (Lipinski definition) is 8. The number of aromatic nitrogens is 3. The molecule has 0 aliphatic heterocycles. The minimum Gasteiger partial charge on any atom is -0.481 e. The number of carbonyl (C=O) groups excluding carboxylic acids is 1. The van der Waals surface area contributed by atoms with Crippen LogP contribution in [0.25, 0.3) is 20.3 Å². The van der Waals surface area contributed by atoms with Crippen molar-refractivity contribution in [2.24, 2.45) is 5.92 Å². The topological polar surface area (TPSA) is 114 Å². The molecule has 0 saturated heterocycles. The Balaban J connectivity index is 1.36. The number of nitrogens with zero attached hydrogens (tertiary/aromatic N) is 3. The Morgan fingerprint density at radius 1 is 1.14 bits per heavy atom. The van der Waals surface area contributed by atoms with Gasteiger partial charge in [-0.05, 0) is 61.8 Å². The van der Waals surface area contributed by atoms with Crippen molar-refractivity contribution in [3.05, 3.63) is 59.7 Å². The summed E-state index contributed by atoms with van der Waals surface area (Å²) in [6.45, 7) is 2.89. The van der Waals surface area contributed by atoms with Crippen LogP contribution in [-0.2, 0) is 9.53 Å². The summed E-state index contributed by atoms with van der Waals surface area (Å²) in [5, 5.41) is 15.0. The standard InChI is InChI=1S/C28H30N4O4S/c1-16(17-3-9-20(10-4-17)28(35)36-2)11-14-30-25-23-21-12-13-29-15-22(21)37-26(23)32-24(31-25)18-5-7-19(8-6-18)27(33)34/h3-4,9-10,12-13,15-16,18-19H,5-8,11,14H2,1-2H3,(H,33,34)(H,30,31,32). The molecule has 1 aromatic carbocycles. The molecule has 1 fully saturated rings. The van der Waals surface area contributed by atoms with E-state index in [-0.39, 0.29) is 23.7 Å². The molecule has 9 heteroatoms. The van der Waals surface area contributed by atoms with Crippen LogP contribution in [-0.4, -0.2) is 45.7 Å². The summed E-state index contributed by atoms with van der Waals surface area (Å²) in [6.07, 6.45) is 7.42. The molecule has 0 amide bonds. The molecular weight excluding hydrogens is 488 g/mol. The number of methoxy groups -OCH3 is 1. The monoisotopic (exact) mass is 518 g/mol. The lowest BCUT2D eigenvalue weighted by atomic mass is 9.81. The second-order valence-electron chi connectivity index (χ2n) is 9.70. The lowest BCUT2D eigenvalue weighted by Gasteiger charge is -2.25. The normalized spacial score (nSPS) is 18.5. The zero-order valence-corrected chi connectivity index (χ0v) is 21.8. The first-order valence-corrected chi connectivity index (χ1v) is 13.5. The zero-order valence-electron chi connectivity index (χ0n) is 20.9. The molecule has 4 aromatic rings. The fraction of sp³-hybridized carbons (Fsp3) is 0.393. The highest BCUT2D eigenvalue weighted by molar-refractivity contribution is 7.25. The quantitative estimate of drug-likeness (QED) is 0.273. The van der Waals surface area contributed by atoms with Crippen molar-refractivity contribution < 1.29 is 19.4 Å². The molecule has 2 N–H and O–H groups in total. The molecule has 3 heterocycles. The molecule has 0 radical (unpaired) electrons. The van der Waals surface area contributed by atoms with Gasteiger partial charge in [0.25, 0.3) is 0 Å². The average molecular weight is 519 g/mol. The van der Waals surface area contributed by atoms with Gasteiger partial charge in [0, 0.05) is 30.2 Å². The number of carboxylic acid groups (broad SMARTS) is 1. The third kappa shape index (κ3) is 5.27. The van der Waals surface area contributed by atoms with E-state index in [1.54, 1.807) is 29.7 Å². The lowest BCUT2D eigenvalue weighted by molar-refractivity contribution is -0.142. The van der Waals surface area contributed by atoms with Crippen LogP contribution in [0.3, 0.4) is 0 Å². The van der Waals surface area contributed by atoms with Crippen LogP contribution in [0.15, 0.2) is 42.7 Å². The molecule has 37 heavy (non-hydrogen) atoms. The van der Waals surface area contributed by atoms with Gasteiger partial charge in [0.1, 0.15) is 16.5 Å². The smallest absolute Gasteiger partial charge is 0.337 e. The highest BCUT2D eigenvalue weighted by atomic mass is 32.1. The number of fused-ring (bicyclic) bond motifs is 3. The number of esters is 1. The lowest BCUT2D eigenvalue weighted by Crippen LogP contribution is -2.21. The van der Waals surface area contributed by atoms with E-state index in [9.17, 15) is 14.7 Å². The highest BCUT2D eigenvalue weighted by Crippen LogP contribution is 2.40. The van der Waals surface area contributed by atoms with Gasteiger partial charge in [-0.15, -0.1) is 11.3 Å². The summed E-state index contributed by atoms with van der Waals surface area (Å²) in [4.78, 5) is 38.3. The zero-order chi connectivity index (χ0) is 25.9. The molecule has 192 valence electrons. The second kappa shape index (κ2) is 10.8. The minimum atomic E-state index is -0.705. The van der Waals surface area contributed by atoms with Crippen molar-refractivity contribution in [3.63, 3.8) is 0 Å². The number of hydrogen-bond donors (Lipinski definition) is 2. The molecule has 1 unspecified atom stereocenters. The predicted molar refractivity (Wildman–Crippen MR) is 144 cm³/mol. The average Bonchev–Trinajstić information content (AvgIpc) is 3.31. The van der Waals surface area contributed by atoms with Gasteiger partial charge in [-0.25, -0.2) is 14.8 Å². The number of rotatable bonds is 8. The SMILES string of the molecule is COC(=O)c1ccc(C(C)CCNc2nc(C3CCC(C(=O)O)CC3)nc3sc4cnccc4c23)cc1. The van der Waals surface area contributed by atoms with Gasteiger partial charge in [0.2, 0.25) is 0 Å². The van der Waals surface area contributed by atoms with Crippen LogP contribution in [0.4, 0.5) is 5.82 Å². The Labute approximate surface area is 219 Å². The number of carbonyl (C=O) groups is 2. The van der Waals surface area contributed by atoms with Crippen molar-refractivity contribution in [1.29, 1.82) is 0 Å². The Morgan fingerprint density at radius 3 is 2.59 bits per heavy atom. The molecule has 1 aliphatic rings. The number of carboxylic acids is 1. The van der Waals surface area contributed by atoms with Crippen LogP contribution in [0.2, 0.25) is 0 Å². The Hall–Kier alpha value is -3.59. The molecule has 0 bridgehead atoms. The van der Waals surface area contributed by atoms with Crippen molar-refractivity contribution in [2.45, 2.75) is 50.9 Å². The number of aliphatic carboxylic acids is 1. The molecule has 1 saturated carbocycles. The molecule has 1 aliphatic carbocycles. The molecule has 1 atom stereocenters. The van der Waals surface area contributed by atoms with E-state index in [4.69, 9.17) is 14.7 Å². The summed E-state index contributed by atoms with van der Waals surface area (Å²) in [5.74, 6) is 0.760. The maximum atomic E-state index is 11.7. The van der Waals surface area contributed by atoms with Gasteiger partial charge in [-0.3, -0.25) is 9.78 Å². The first-order chi connectivity index (χ1) is 17.9. The van der Waals surface area contributed by atoms with E-state index in [1.165, 1.54) is 7.11 Å². The fourth-order valence-electron chi connectivity index (χ4n) is 5.09. The maximum Gasteiger partial charge on any atom is 0.337 e. The largest absolute Gasteiger partial charge is 0.481 e. The predicted octanol–water partition coefficient (Wildman–Crippen LogP) is 5.99. The van der Waals surface area contributed by atoms with Gasteiger partial charge in [-0.1, -0.05) is 19.1 Å². The molecule has 5 rings (SSSR count). The van der Waals surface area contributed by atoms with E-state index in [0.29, 0.717) is 18.4 Å². The van der Waals surface area contributed by atoms with Gasteiger partial charge in [0.05, 0.1) is 28.7 Å². The molecule has 8 nitrogen and oxygen atoms in total. The van der Waals surface area contributed by atoms with E-state index >= 15 is 0 Å². The van der Waals surface area contributed by atoms with Gasteiger partial charge < -0.3 is 15.2 Å². The third-order valence-corrected chi connectivity index (χ3v) is 8.40. The van der Waals surface area contributed by atoms with Crippen molar-refractivity contribution in [3.8, 4) is 0 Å². The van der Waals surface area contributed by atoms with Crippen LogP contribution >= 0.6 is 11.3 Å². The highest BCUT2D eigenvalue weighted by Gasteiger charge is 2.29. The van der Waals surface area contributed by atoms with Crippen LogP contribution in [0.5, 0.6) is 0 Å². The van der Waals surface area contributed by atoms with E-state index in [0.717, 1.165) is 63.3 Å². The molecular formula is C28H30N4O4S. The number of pyridine rings is 1. The van der Waals surface area contributed by atoms with Gasteiger partial charge in [0.15, 0.2) is 0 Å². The number of benzene rings is 1. The number of thiophene rings is 1. The number of anilines is 1. The van der Waals surface area contributed by atoms with Crippen LogP contribution < -0.4 is 5.32 Å². The Morgan fingerprint density at radius 2 is 1.89 bits per heavy atom. The van der Waals surface area contributed by atoms with Gasteiger partial charge in [-0.2, -0.15) is 0 Å². The minimum absolute atomic E-state index is 0.163.